The van der Waals surface area contributed by atoms with Crippen molar-refractivity contribution in [2.24, 2.45) is 5.41 Å². The second kappa shape index (κ2) is 6.14. The van der Waals surface area contributed by atoms with Gasteiger partial charge in [-0.25, -0.2) is 4.39 Å². The van der Waals surface area contributed by atoms with Gasteiger partial charge in [0.25, 0.3) is 0 Å². The summed E-state index contributed by atoms with van der Waals surface area (Å²) in [5.74, 6) is -0.888. The molecule has 1 aliphatic rings. The van der Waals surface area contributed by atoms with Gasteiger partial charge >= 0.3 is 0 Å². The van der Waals surface area contributed by atoms with Gasteiger partial charge in [0.15, 0.2) is 17.3 Å². The molecule has 29 heavy (non-hydrogen) atoms. The summed E-state index contributed by atoms with van der Waals surface area (Å²) in [4.78, 5) is 21.4. The summed E-state index contributed by atoms with van der Waals surface area (Å²) in [5.41, 5.74) is 4.67. The lowest BCUT2D eigenvalue weighted by Gasteiger charge is -2.30. The number of halogens is 1. The number of para-hydroxylation sites is 1. The van der Waals surface area contributed by atoms with Crippen molar-refractivity contribution in [3.8, 4) is 5.75 Å². The van der Waals surface area contributed by atoms with Crippen molar-refractivity contribution in [3.63, 3.8) is 0 Å². The van der Waals surface area contributed by atoms with Gasteiger partial charge in [-0.3, -0.25) is 9.78 Å². The van der Waals surface area contributed by atoms with Crippen LogP contribution in [-0.4, -0.2) is 20.9 Å². The number of pyridine rings is 1. The highest BCUT2D eigenvalue weighted by molar-refractivity contribution is 6.19. The van der Waals surface area contributed by atoms with E-state index in [1.807, 2.05) is 24.3 Å². The SMILES string of the molecule is CC1(C)CC(=O)c2c(nc(Cc3ccc(O)c(F)c3)c3[nH]c4ccccc4c23)C1. The van der Waals surface area contributed by atoms with Crippen LogP contribution in [0.3, 0.4) is 0 Å². The van der Waals surface area contributed by atoms with E-state index in [2.05, 4.69) is 18.8 Å². The van der Waals surface area contributed by atoms with Crippen molar-refractivity contribution >= 4 is 27.6 Å². The predicted molar refractivity (Wildman–Crippen MR) is 111 cm³/mol. The molecule has 0 bridgehead atoms. The topological polar surface area (TPSA) is 66.0 Å². The second-order valence-corrected chi connectivity index (χ2v) is 8.70. The molecule has 4 aromatic rings. The minimum Gasteiger partial charge on any atom is -0.505 e. The van der Waals surface area contributed by atoms with Crippen LogP contribution in [0.2, 0.25) is 0 Å². The quantitative estimate of drug-likeness (QED) is 0.489. The zero-order chi connectivity index (χ0) is 20.3. The first-order valence-electron chi connectivity index (χ1n) is 9.75. The first-order valence-corrected chi connectivity index (χ1v) is 9.75. The molecule has 0 radical (unpaired) electrons. The second-order valence-electron chi connectivity index (χ2n) is 8.70. The number of benzene rings is 2. The monoisotopic (exact) mass is 388 g/mol. The molecule has 5 heteroatoms. The molecule has 2 aromatic heterocycles. The molecular weight excluding hydrogens is 367 g/mol. The number of nitrogens with one attached hydrogen (secondary N) is 1. The third-order valence-electron chi connectivity index (χ3n) is 5.75. The fourth-order valence-electron chi connectivity index (χ4n) is 4.49. The third kappa shape index (κ3) is 2.89. The number of Topliss-reactive ketones (excluding diaryl/α,β-unsaturated/α-hetero) is 1. The molecule has 1 aliphatic carbocycles. The van der Waals surface area contributed by atoms with Crippen LogP contribution < -0.4 is 0 Å². The van der Waals surface area contributed by atoms with E-state index >= 15 is 0 Å². The van der Waals surface area contributed by atoms with Gasteiger partial charge in [-0.1, -0.05) is 38.1 Å². The maximum atomic E-state index is 13.9. The minimum atomic E-state index is -0.648. The Morgan fingerprint density at radius 2 is 1.97 bits per heavy atom. The van der Waals surface area contributed by atoms with Gasteiger partial charge in [-0.15, -0.1) is 0 Å². The number of aromatic nitrogens is 2. The lowest BCUT2D eigenvalue weighted by atomic mass is 9.74. The Morgan fingerprint density at radius 1 is 1.17 bits per heavy atom. The van der Waals surface area contributed by atoms with E-state index in [-0.39, 0.29) is 16.9 Å². The Balaban J connectivity index is 1.79. The molecule has 0 saturated carbocycles. The molecule has 5 rings (SSSR count). The first-order chi connectivity index (χ1) is 13.8. The van der Waals surface area contributed by atoms with Crippen LogP contribution >= 0.6 is 0 Å². The number of aromatic hydroxyl groups is 1. The van der Waals surface area contributed by atoms with Gasteiger partial charge in [-0.2, -0.15) is 0 Å². The van der Waals surface area contributed by atoms with E-state index in [0.717, 1.165) is 45.2 Å². The van der Waals surface area contributed by atoms with Gasteiger partial charge in [0.05, 0.1) is 16.9 Å². The summed E-state index contributed by atoms with van der Waals surface area (Å²) >= 11 is 0. The summed E-state index contributed by atoms with van der Waals surface area (Å²) in [5, 5.41) is 11.4. The Kier molecular flexibility index (Phi) is 3.78. The van der Waals surface area contributed by atoms with Gasteiger partial charge < -0.3 is 10.1 Å². The molecule has 146 valence electrons. The lowest BCUT2D eigenvalue weighted by molar-refractivity contribution is 0.0912. The molecule has 0 saturated heterocycles. The van der Waals surface area contributed by atoms with E-state index < -0.39 is 5.82 Å². The van der Waals surface area contributed by atoms with Crippen LogP contribution in [0.1, 0.15) is 47.6 Å². The van der Waals surface area contributed by atoms with Crippen LogP contribution in [0.25, 0.3) is 21.8 Å². The zero-order valence-corrected chi connectivity index (χ0v) is 16.3. The summed E-state index contributed by atoms with van der Waals surface area (Å²) in [6.45, 7) is 4.17. The number of carbonyl (C=O) groups excluding carboxylic acids is 1. The van der Waals surface area contributed by atoms with E-state index in [1.54, 1.807) is 6.07 Å². The Bertz CT molecular complexity index is 1300. The highest BCUT2D eigenvalue weighted by Crippen LogP contribution is 2.40. The predicted octanol–water partition coefficient (Wildman–Crippen LogP) is 5.31. The molecule has 4 nitrogen and oxygen atoms in total. The smallest absolute Gasteiger partial charge is 0.165 e. The molecule has 0 fully saturated rings. The number of hydrogen-bond acceptors (Lipinski definition) is 3. The van der Waals surface area contributed by atoms with E-state index in [0.29, 0.717) is 18.4 Å². The van der Waals surface area contributed by atoms with Crippen LogP contribution in [-0.2, 0) is 12.8 Å². The number of nitrogens with zero attached hydrogens (tertiary/aromatic N) is 1. The van der Waals surface area contributed by atoms with Crippen molar-refractivity contribution in [2.45, 2.75) is 33.1 Å². The molecule has 2 N–H and O–H groups in total. The molecule has 0 spiro atoms. The number of aromatic amines is 1. The normalized spacial score (nSPS) is 15.8. The maximum Gasteiger partial charge on any atom is 0.165 e. The Hall–Kier alpha value is -3.21. The summed E-state index contributed by atoms with van der Waals surface area (Å²) < 4.78 is 13.9. The fourth-order valence-corrected chi connectivity index (χ4v) is 4.49. The Morgan fingerprint density at radius 3 is 2.76 bits per heavy atom. The van der Waals surface area contributed by atoms with E-state index in [1.165, 1.54) is 12.1 Å². The molecule has 2 heterocycles. The standard InChI is InChI=1S/C24H21FN2O2/c1-24(2)11-18-22(20(29)12-24)21-14-5-3-4-6-16(14)27-23(21)17(26-18)10-13-7-8-19(28)15(25)9-13/h3-9,27-28H,10-12H2,1-2H3. The highest BCUT2D eigenvalue weighted by Gasteiger charge is 2.34. The van der Waals surface area contributed by atoms with Crippen molar-refractivity contribution < 1.29 is 14.3 Å². The molecular formula is C24H21FN2O2. The van der Waals surface area contributed by atoms with Gasteiger partial charge in [-0.05, 0) is 35.6 Å². The van der Waals surface area contributed by atoms with Crippen molar-refractivity contribution in [1.82, 2.24) is 9.97 Å². The molecule has 0 atom stereocenters. The van der Waals surface area contributed by atoms with Crippen LogP contribution in [0.5, 0.6) is 5.75 Å². The summed E-state index contributed by atoms with van der Waals surface area (Å²) in [7, 11) is 0. The lowest BCUT2D eigenvalue weighted by Crippen LogP contribution is -2.28. The van der Waals surface area contributed by atoms with Gasteiger partial charge in [0, 0.05) is 34.7 Å². The maximum absolute atomic E-state index is 13.9. The van der Waals surface area contributed by atoms with Gasteiger partial charge in [0.2, 0.25) is 0 Å². The molecule has 0 amide bonds. The van der Waals surface area contributed by atoms with Crippen molar-refractivity contribution in [3.05, 3.63) is 70.8 Å². The molecule has 0 unspecified atom stereocenters. The number of hydrogen-bond donors (Lipinski definition) is 2. The number of H-pyrrole nitrogens is 1. The number of phenolic OH excluding ortho intramolecular Hbond substituents is 1. The van der Waals surface area contributed by atoms with E-state index in [4.69, 9.17) is 4.98 Å². The van der Waals surface area contributed by atoms with Gasteiger partial charge in [0.1, 0.15) is 0 Å². The molecule has 0 aliphatic heterocycles. The Labute approximate surface area is 167 Å². The zero-order valence-electron chi connectivity index (χ0n) is 16.3. The van der Waals surface area contributed by atoms with Crippen LogP contribution in [0.4, 0.5) is 4.39 Å². The summed E-state index contributed by atoms with van der Waals surface area (Å²) in [6, 6.07) is 12.3. The molecule has 2 aromatic carbocycles. The number of rotatable bonds is 2. The number of fused-ring (bicyclic) bond motifs is 5. The average molecular weight is 388 g/mol. The van der Waals surface area contributed by atoms with Crippen molar-refractivity contribution in [1.29, 1.82) is 0 Å². The number of ketones is 1. The number of phenols is 1. The first kappa shape index (κ1) is 17.9. The fraction of sp³-hybridized carbons (Fsp3) is 0.250. The third-order valence-corrected chi connectivity index (χ3v) is 5.75. The van der Waals surface area contributed by atoms with Crippen LogP contribution in [0.15, 0.2) is 42.5 Å². The minimum absolute atomic E-state index is 0.126. The average Bonchev–Trinajstić information content (AvgIpc) is 3.03. The van der Waals surface area contributed by atoms with E-state index in [9.17, 15) is 14.3 Å². The number of carbonyl (C=O) groups is 1. The van der Waals surface area contributed by atoms with Crippen LogP contribution in [0, 0.1) is 11.2 Å². The summed E-state index contributed by atoms with van der Waals surface area (Å²) in [6.07, 6.45) is 1.63. The largest absolute Gasteiger partial charge is 0.505 e. The van der Waals surface area contributed by atoms with Crippen molar-refractivity contribution in [2.75, 3.05) is 0 Å². The highest BCUT2D eigenvalue weighted by atomic mass is 19.1.